The van der Waals surface area contributed by atoms with Crippen LogP contribution in [0.15, 0.2) is 24.3 Å². The number of aromatic amines is 1. The standard InChI is InChI=1S/C16H23N5O2/c1-3-8-17-9-10-18-15(22)11(2)19-16(23)14-12-6-4-5-7-13(12)20-21-14/h4-7,11,17H,3,8-10H2,1-2H3,(H,18,22)(H,19,23)(H,20,21). The van der Waals surface area contributed by atoms with E-state index in [-0.39, 0.29) is 11.8 Å². The summed E-state index contributed by atoms with van der Waals surface area (Å²) in [6, 6.07) is 6.75. The Kier molecular flexibility index (Phi) is 6.10. The minimum atomic E-state index is -0.621. The van der Waals surface area contributed by atoms with E-state index in [2.05, 4.69) is 33.1 Å². The van der Waals surface area contributed by atoms with Crippen molar-refractivity contribution in [3.05, 3.63) is 30.0 Å². The summed E-state index contributed by atoms with van der Waals surface area (Å²) in [5, 5.41) is 16.2. The van der Waals surface area contributed by atoms with Gasteiger partial charge in [-0.2, -0.15) is 5.10 Å². The number of hydrogen-bond donors (Lipinski definition) is 4. The molecular formula is C16H23N5O2. The molecule has 23 heavy (non-hydrogen) atoms. The number of nitrogens with zero attached hydrogens (tertiary/aromatic N) is 1. The fourth-order valence-electron chi connectivity index (χ4n) is 2.20. The molecule has 0 saturated carbocycles. The van der Waals surface area contributed by atoms with Gasteiger partial charge in [-0.3, -0.25) is 14.7 Å². The second-order valence-corrected chi connectivity index (χ2v) is 5.35. The number of benzene rings is 1. The van der Waals surface area contributed by atoms with Gasteiger partial charge in [-0.25, -0.2) is 0 Å². The molecule has 1 heterocycles. The van der Waals surface area contributed by atoms with Crippen molar-refractivity contribution in [2.45, 2.75) is 26.3 Å². The van der Waals surface area contributed by atoms with Crippen molar-refractivity contribution in [3.63, 3.8) is 0 Å². The molecule has 0 aliphatic heterocycles. The normalized spacial score (nSPS) is 12.1. The van der Waals surface area contributed by atoms with E-state index in [1.54, 1.807) is 6.92 Å². The third-order valence-electron chi connectivity index (χ3n) is 3.45. The average molecular weight is 317 g/mol. The van der Waals surface area contributed by atoms with E-state index < -0.39 is 6.04 Å². The lowest BCUT2D eigenvalue weighted by Gasteiger charge is -2.13. The number of rotatable bonds is 8. The SMILES string of the molecule is CCCNCCNC(=O)C(C)NC(=O)c1n[nH]c2ccccc12. The van der Waals surface area contributed by atoms with Crippen LogP contribution in [0.5, 0.6) is 0 Å². The lowest BCUT2D eigenvalue weighted by atomic mass is 10.2. The Labute approximate surface area is 135 Å². The van der Waals surface area contributed by atoms with Crippen molar-refractivity contribution in [1.29, 1.82) is 0 Å². The predicted molar refractivity (Wildman–Crippen MR) is 89.2 cm³/mol. The summed E-state index contributed by atoms with van der Waals surface area (Å²) in [5.41, 5.74) is 1.08. The van der Waals surface area contributed by atoms with E-state index in [9.17, 15) is 9.59 Å². The van der Waals surface area contributed by atoms with Crippen molar-refractivity contribution in [2.24, 2.45) is 0 Å². The number of carbonyl (C=O) groups is 2. The third kappa shape index (κ3) is 4.53. The van der Waals surface area contributed by atoms with Gasteiger partial charge >= 0.3 is 0 Å². The van der Waals surface area contributed by atoms with E-state index in [0.717, 1.165) is 23.9 Å². The summed E-state index contributed by atoms with van der Waals surface area (Å²) in [5.74, 6) is -0.578. The first-order chi connectivity index (χ1) is 11.1. The summed E-state index contributed by atoms with van der Waals surface area (Å²) in [7, 11) is 0. The lowest BCUT2D eigenvalue weighted by Crippen LogP contribution is -2.46. The molecule has 1 aromatic heterocycles. The fourth-order valence-corrected chi connectivity index (χ4v) is 2.20. The average Bonchev–Trinajstić information content (AvgIpc) is 2.98. The second kappa shape index (κ2) is 8.28. The van der Waals surface area contributed by atoms with Gasteiger partial charge in [0.1, 0.15) is 6.04 Å². The molecule has 0 saturated heterocycles. The van der Waals surface area contributed by atoms with Crippen LogP contribution in [-0.2, 0) is 4.79 Å². The molecule has 0 bridgehead atoms. The first-order valence-electron chi connectivity index (χ1n) is 7.86. The van der Waals surface area contributed by atoms with Crippen LogP contribution in [-0.4, -0.2) is 47.7 Å². The monoisotopic (exact) mass is 317 g/mol. The summed E-state index contributed by atoms with van der Waals surface area (Å²) in [6.45, 7) is 5.91. The number of amides is 2. The highest BCUT2D eigenvalue weighted by atomic mass is 16.2. The zero-order chi connectivity index (χ0) is 16.7. The highest BCUT2D eigenvalue weighted by Crippen LogP contribution is 2.14. The summed E-state index contributed by atoms with van der Waals surface area (Å²) in [6.07, 6.45) is 1.05. The number of carbonyl (C=O) groups excluding carboxylic acids is 2. The van der Waals surface area contributed by atoms with Crippen LogP contribution in [0, 0.1) is 0 Å². The first kappa shape index (κ1) is 17.0. The Bertz CT molecular complexity index is 667. The highest BCUT2D eigenvalue weighted by molar-refractivity contribution is 6.05. The van der Waals surface area contributed by atoms with Crippen molar-refractivity contribution in [2.75, 3.05) is 19.6 Å². The van der Waals surface area contributed by atoms with Crippen LogP contribution in [0.2, 0.25) is 0 Å². The Morgan fingerprint density at radius 2 is 2.00 bits per heavy atom. The molecule has 4 N–H and O–H groups in total. The lowest BCUT2D eigenvalue weighted by molar-refractivity contribution is -0.122. The summed E-state index contributed by atoms with van der Waals surface area (Å²) in [4.78, 5) is 24.2. The number of aromatic nitrogens is 2. The van der Waals surface area contributed by atoms with Crippen LogP contribution in [0.25, 0.3) is 10.9 Å². The molecule has 1 unspecified atom stereocenters. The topological polar surface area (TPSA) is 98.9 Å². The van der Waals surface area contributed by atoms with Gasteiger partial charge in [-0.05, 0) is 26.0 Å². The Morgan fingerprint density at radius 1 is 1.22 bits per heavy atom. The molecule has 7 nitrogen and oxygen atoms in total. The van der Waals surface area contributed by atoms with Crippen molar-refractivity contribution in [1.82, 2.24) is 26.1 Å². The van der Waals surface area contributed by atoms with Crippen LogP contribution < -0.4 is 16.0 Å². The van der Waals surface area contributed by atoms with Gasteiger partial charge in [-0.1, -0.05) is 25.1 Å². The fraction of sp³-hybridized carbons (Fsp3) is 0.438. The van der Waals surface area contributed by atoms with E-state index in [1.807, 2.05) is 24.3 Å². The minimum Gasteiger partial charge on any atom is -0.353 e. The van der Waals surface area contributed by atoms with Gasteiger partial charge in [0.2, 0.25) is 5.91 Å². The maximum absolute atomic E-state index is 12.3. The van der Waals surface area contributed by atoms with Gasteiger partial charge in [-0.15, -0.1) is 0 Å². The van der Waals surface area contributed by atoms with Crippen LogP contribution in [0.4, 0.5) is 0 Å². The Hall–Kier alpha value is -2.41. The third-order valence-corrected chi connectivity index (χ3v) is 3.45. The zero-order valence-electron chi connectivity index (χ0n) is 13.5. The molecule has 7 heteroatoms. The van der Waals surface area contributed by atoms with Crippen LogP contribution in [0.3, 0.4) is 0 Å². The molecule has 0 radical (unpaired) electrons. The van der Waals surface area contributed by atoms with Gasteiger partial charge in [0.05, 0.1) is 5.52 Å². The number of fused-ring (bicyclic) bond motifs is 1. The van der Waals surface area contributed by atoms with Crippen LogP contribution in [0.1, 0.15) is 30.8 Å². The van der Waals surface area contributed by atoms with Gasteiger partial charge in [0.25, 0.3) is 5.91 Å². The molecule has 2 amide bonds. The maximum atomic E-state index is 12.3. The van der Waals surface area contributed by atoms with Crippen molar-refractivity contribution < 1.29 is 9.59 Å². The molecule has 0 spiro atoms. The van der Waals surface area contributed by atoms with Crippen molar-refractivity contribution in [3.8, 4) is 0 Å². The van der Waals surface area contributed by atoms with Gasteiger partial charge in [0.15, 0.2) is 5.69 Å². The van der Waals surface area contributed by atoms with E-state index in [1.165, 1.54) is 0 Å². The van der Waals surface area contributed by atoms with Crippen LogP contribution >= 0.6 is 0 Å². The molecule has 1 aromatic carbocycles. The molecule has 124 valence electrons. The quantitative estimate of drug-likeness (QED) is 0.541. The van der Waals surface area contributed by atoms with Gasteiger partial charge in [0, 0.05) is 18.5 Å². The van der Waals surface area contributed by atoms with Crippen molar-refractivity contribution >= 4 is 22.7 Å². The second-order valence-electron chi connectivity index (χ2n) is 5.35. The molecule has 0 fully saturated rings. The van der Waals surface area contributed by atoms with E-state index >= 15 is 0 Å². The highest BCUT2D eigenvalue weighted by Gasteiger charge is 2.19. The first-order valence-corrected chi connectivity index (χ1v) is 7.86. The minimum absolute atomic E-state index is 0.212. The molecule has 1 atom stereocenters. The zero-order valence-corrected chi connectivity index (χ0v) is 13.5. The maximum Gasteiger partial charge on any atom is 0.273 e. The molecule has 0 aliphatic carbocycles. The molecule has 2 rings (SSSR count). The molecule has 0 aliphatic rings. The van der Waals surface area contributed by atoms with E-state index in [4.69, 9.17) is 0 Å². The number of nitrogens with one attached hydrogen (secondary N) is 4. The number of hydrogen-bond acceptors (Lipinski definition) is 4. The molecular weight excluding hydrogens is 294 g/mol. The largest absolute Gasteiger partial charge is 0.353 e. The number of para-hydroxylation sites is 1. The Balaban J connectivity index is 1.85. The van der Waals surface area contributed by atoms with E-state index in [0.29, 0.717) is 18.8 Å². The molecule has 2 aromatic rings. The summed E-state index contributed by atoms with van der Waals surface area (Å²) >= 11 is 0. The van der Waals surface area contributed by atoms with Gasteiger partial charge < -0.3 is 16.0 Å². The summed E-state index contributed by atoms with van der Waals surface area (Å²) < 4.78 is 0. The Morgan fingerprint density at radius 3 is 2.78 bits per heavy atom. The number of H-pyrrole nitrogens is 1. The predicted octanol–water partition coefficient (Wildman–Crippen LogP) is 0.797. The smallest absolute Gasteiger partial charge is 0.273 e.